The lowest BCUT2D eigenvalue weighted by molar-refractivity contribution is -0.141. The predicted molar refractivity (Wildman–Crippen MR) is 79.0 cm³/mol. The van der Waals surface area contributed by atoms with Crippen LogP contribution < -0.4 is 0 Å². The van der Waals surface area contributed by atoms with Gasteiger partial charge in [-0.3, -0.25) is 0 Å². The highest BCUT2D eigenvalue weighted by Gasteiger charge is 2.24. The number of hydrogen-bond donors (Lipinski definition) is 1. The minimum Gasteiger partial charge on any atom is -0.454 e. The fraction of sp³-hybridized carbons (Fsp3) is 0.353. The zero-order chi connectivity index (χ0) is 14.5. The van der Waals surface area contributed by atoms with Gasteiger partial charge >= 0.3 is 5.97 Å². The van der Waals surface area contributed by atoms with Gasteiger partial charge in [0, 0.05) is 12.5 Å². The zero-order valence-electron chi connectivity index (χ0n) is 11.8. The summed E-state index contributed by atoms with van der Waals surface area (Å²) >= 11 is 0. The molecule has 0 saturated carbocycles. The average Bonchev–Trinajstić information content (AvgIpc) is 2.47. The summed E-state index contributed by atoms with van der Waals surface area (Å²) in [6, 6.07) is 0. The van der Waals surface area contributed by atoms with E-state index < -0.39 is 5.97 Å². The van der Waals surface area contributed by atoms with E-state index in [9.17, 15) is 4.79 Å². The van der Waals surface area contributed by atoms with Crippen LogP contribution >= 0.6 is 0 Å². The Morgan fingerprint density at radius 2 is 2.20 bits per heavy atom. The lowest BCUT2D eigenvalue weighted by Crippen LogP contribution is -2.23. The van der Waals surface area contributed by atoms with Crippen LogP contribution in [0.15, 0.2) is 59.3 Å². The van der Waals surface area contributed by atoms with E-state index >= 15 is 0 Å². The molecule has 0 aliphatic heterocycles. The summed E-state index contributed by atoms with van der Waals surface area (Å²) in [7, 11) is 0. The molecule has 2 rings (SSSR count). The van der Waals surface area contributed by atoms with Crippen molar-refractivity contribution in [2.24, 2.45) is 0 Å². The molecule has 0 spiro atoms. The summed E-state index contributed by atoms with van der Waals surface area (Å²) < 4.78 is 5.45. The maximum Gasteiger partial charge on any atom is 0.330 e. The van der Waals surface area contributed by atoms with Crippen molar-refractivity contribution in [2.75, 3.05) is 6.61 Å². The lowest BCUT2D eigenvalue weighted by atomic mass is 9.86. The van der Waals surface area contributed by atoms with Crippen molar-refractivity contribution in [3.8, 4) is 0 Å². The molecule has 1 unspecified atom stereocenters. The predicted octanol–water partition coefficient (Wildman–Crippen LogP) is 3.00. The Morgan fingerprint density at radius 3 is 2.80 bits per heavy atom. The Labute approximate surface area is 119 Å². The van der Waals surface area contributed by atoms with Crippen LogP contribution in [-0.4, -0.2) is 23.8 Å². The molecule has 1 atom stereocenters. The first-order valence-corrected chi connectivity index (χ1v) is 6.84. The molecule has 3 nitrogen and oxygen atoms in total. The molecule has 0 heterocycles. The summed E-state index contributed by atoms with van der Waals surface area (Å²) in [4.78, 5) is 11.5. The van der Waals surface area contributed by atoms with Gasteiger partial charge in [0.25, 0.3) is 0 Å². The SMILES string of the molecule is C=CC(=O)OC1CC(C)=CC=C1C1=CC=C(CO)CC1. The Balaban J connectivity index is 2.22. The molecule has 0 saturated heterocycles. The van der Waals surface area contributed by atoms with Crippen molar-refractivity contribution >= 4 is 5.97 Å². The maximum absolute atomic E-state index is 11.5. The van der Waals surface area contributed by atoms with Gasteiger partial charge in [-0.05, 0) is 36.5 Å². The standard InChI is InChI=1S/C17H20O3/c1-3-17(19)20-16-10-12(2)4-9-15(16)14-7-5-13(11-18)6-8-14/h3-5,7,9,16,18H,1,6,8,10-11H2,2H3. The summed E-state index contributed by atoms with van der Waals surface area (Å²) in [6.07, 6.45) is 11.5. The molecule has 2 aliphatic carbocycles. The Kier molecular flexibility index (Phi) is 4.74. The number of ether oxygens (including phenoxy) is 1. The first-order valence-electron chi connectivity index (χ1n) is 6.84. The summed E-state index contributed by atoms with van der Waals surface area (Å²) in [5.41, 5.74) is 4.46. The number of aliphatic hydroxyl groups excluding tert-OH is 1. The molecule has 0 radical (unpaired) electrons. The molecule has 106 valence electrons. The van der Waals surface area contributed by atoms with E-state index in [1.165, 1.54) is 17.2 Å². The van der Waals surface area contributed by atoms with Gasteiger partial charge in [0.15, 0.2) is 0 Å². The third-order valence-electron chi connectivity index (χ3n) is 3.64. The molecule has 20 heavy (non-hydrogen) atoms. The quantitative estimate of drug-likeness (QED) is 0.632. The molecule has 0 aromatic rings. The van der Waals surface area contributed by atoms with Gasteiger partial charge in [0.1, 0.15) is 6.10 Å². The van der Waals surface area contributed by atoms with Gasteiger partial charge in [-0.15, -0.1) is 0 Å². The first kappa shape index (κ1) is 14.5. The Hall–Kier alpha value is -1.87. The fourth-order valence-corrected chi connectivity index (χ4v) is 2.47. The number of aliphatic hydroxyl groups is 1. The molecule has 0 aromatic carbocycles. The number of carbonyl (C=O) groups is 1. The van der Waals surface area contributed by atoms with Gasteiger partial charge in [-0.25, -0.2) is 4.79 Å². The number of rotatable bonds is 4. The largest absolute Gasteiger partial charge is 0.454 e. The van der Waals surface area contributed by atoms with Crippen molar-refractivity contribution in [2.45, 2.75) is 32.3 Å². The number of hydrogen-bond acceptors (Lipinski definition) is 3. The fourth-order valence-electron chi connectivity index (χ4n) is 2.47. The third kappa shape index (κ3) is 3.36. The molecule has 0 amide bonds. The minimum atomic E-state index is -0.390. The average molecular weight is 272 g/mol. The van der Waals surface area contributed by atoms with E-state index in [4.69, 9.17) is 9.84 Å². The van der Waals surface area contributed by atoms with Gasteiger partial charge in [0.2, 0.25) is 0 Å². The van der Waals surface area contributed by atoms with E-state index in [0.717, 1.165) is 30.4 Å². The molecule has 0 bridgehead atoms. The second-order valence-corrected chi connectivity index (χ2v) is 5.14. The summed E-state index contributed by atoms with van der Waals surface area (Å²) in [5, 5.41) is 9.12. The monoisotopic (exact) mass is 272 g/mol. The molecule has 2 aliphatic rings. The second kappa shape index (κ2) is 6.53. The molecule has 0 fully saturated rings. The number of esters is 1. The van der Waals surface area contributed by atoms with Gasteiger partial charge in [-0.2, -0.15) is 0 Å². The smallest absolute Gasteiger partial charge is 0.330 e. The third-order valence-corrected chi connectivity index (χ3v) is 3.64. The second-order valence-electron chi connectivity index (χ2n) is 5.14. The van der Waals surface area contributed by atoms with Crippen molar-refractivity contribution < 1.29 is 14.6 Å². The van der Waals surface area contributed by atoms with Crippen LogP contribution in [0.25, 0.3) is 0 Å². The van der Waals surface area contributed by atoms with E-state index in [1.807, 2.05) is 25.2 Å². The molecular formula is C17H20O3. The van der Waals surface area contributed by atoms with Crippen LogP contribution in [-0.2, 0) is 9.53 Å². The van der Waals surface area contributed by atoms with E-state index in [-0.39, 0.29) is 12.7 Å². The molecule has 0 aromatic heterocycles. The van der Waals surface area contributed by atoms with Crippen LogP contribution in [0.4, 0.5) is 0 Å². The number of allylic oxidation sites excluding steroid dienone is 4. The van der Waals surface area contributed by atoms with Crippen molar-refractivity contribution in [3.05, 3.63) is 59.3 Å². The van der Waals surface area contributed by atoms with Crippen molar-refractivity contribution in [3.63, 3.8) is 0 Å². The Bertz CT molecular complexity index is 532. The Morgan fingerprint density at radius 1 is 1.40 bits per heavy atom. The van der Waals surface area contributed by atoms with Crippen molar-refractivity contribution in [1.82, 2.24) is 0 Å². The van der Waals surface area contributed by atoms with Crippen LogP contribution in [0.2, 0.25) is 0 Å². The normalized spacial score (nSPS) is 22.2. The van der Waals surface area contributed by atoms with E-state index in [2.05, 4.69) is 12.7 Å². The summed E-state index contributed by atoms with van der Waals surface area (Å²) in [5.74, 6) is -0.390. The van der Waals surface area contributed by atoms with Crippen LogP contribution in [0.5, 0.6) is 0 Å². The van der Waals surface area contributed by atoms with Gasteiger partial charge in [-0.1, -0.05) is 36.5 Å². The van der Waals surface area contributed by atoms with Crippen LogP contribution in [0, 0.1) is 0 Å². The van der Waals surface area contributed by atoms with E-state index in [1.54, 1.807) is 0 Å². The lowest BCUT2D eigenvalue weighted by Gasteiger charge is -2.26. The van der Waals surface area contributed by atoms with Gasteiger partial charge < -0.3 is 9.84 Å². The molecular weight excluding hydrogens is 252 g/mol. The van der Waals surface area contributed by atoms with Crippen LogP contribution in [0.1, 0.15) is 26.2 Å². The highest BCUT2D eigenvalue weighted by Crippen LogP contribution is 2.32. The highest BCUT2D eigenvalue weighted by molar-refractivity contribution is 5.81. The maximum atomic E-state index is 11.5. The van der Waals surface area contributed by atoms with Gasteiger partial charge in [0.05, 0.1) is 6.61 Å². The zero-order valence-corrected chi connectivity index (χ0v) is 11.8. The summed E-state index contributed by atoms with van der Waals surface area (Å²) in [6.45, 7) is 5.58. The molecule has 3 heteroatoms. The number of carbonyl (C=O) groups excluding carboxylic acids is 1. The van der Waals surface area contributed by atoms with Crippen molar-refractivity contribution in [1.29, 1.82) is 0 Å². The topological polar surface area (TPSA) is 46.5 Å². The van der Waals surface area contributed by atoms with E-state index in [0.29, 0.717) is 0 Å². The molecule has 1 N–H and O–H groups in total. The minimum absolute atomic E-state index is 0.108. The first-order chi connectivity index (χ1) is 9.63. The van der Waals surface area contributed by atoms with Crippen LogP contribution in [0.3, 0.4) is 0 Å². The highest BCUT2D eigenvalue weighted by atomic mass is 16.5.